The number of carbonyl (C=O) groups is 3. The number of halogens is 3. The predicted octanol–water partition coefficient (Wildman–Crippen LogP) is 4.71. The number of imide groups is 3. The second-order valence-corrected chi connectivity index (χ2v) is 7.16. The molecule has 0 bridgehead atoms. The summed E-state index contributed by atoms with van der Waals surface area (Å²) in [5, 5.41) is 20.7. The lowest BCUT2D eigenvalue weighted by Crippen LogP contribution is -2.36. The van der Waals surface area contributed by atoms with Crippen molar-refractivity contribution in [1.82, 2.24) is 4.90 Å². The van der Waals surface area contributed by atoms with E-state index in [1.54, 1.807) is 6.07 Å². The minimum Gasteiger partial charge on any atom is -0.456 e. The summed E-state index contributed by atoms with van der Waals surface area (Å²) in [4.78, 5) is 49.2. The maximum atomic E-state index is 13.1. The Hall–Kier alpha value is -5.05. The highest BCUT2D eigenvalue weighted by Gasteiger charge is 2.42. The molecule has 35 heavy (non-hydrogen) atoms. The fraction of sp³-hybridized carbons (Fsp3) is 0.0435. The summed E-state index contributed by atoms with van der Waals surface area (Å²) in [5.41, 5.74) is -3.09. The zero-order chi connectivity index (χ0) is 25.5. The molecule has 0 aliphatic carbocycles. The van der Waals surface area contributed by atoms with Crippen LogP contribution >= 0.6 is 0 Å². The van der Waals surface area contributed by atoms with Crippen molar-refractivity contribution in [1.29, 1.82) is 5.26 Å². The van der Waals surface area contributed by atoms with E-state index in [1.165, 1.54) is 24.3 Å². The van der Waals surface area contributed by atoms with Gasteiger partial charge in [-0.25, -0.2) is 4.90 Å². The Bertz CT molecular complexity index is 1440. The van der Waals surface area contributed by atoms with Gasteiger partial charge in [0, 0.05) is 12.1 Å². The van der Waals surface area contributed by atoms with Gasteiger partial charge in [0.15, 0.2) is 0 Å². The average Bonchev–Trinajstić information content (AvgIpc) is 3.08. The Balaban J connectivity index is 1.73. The van der Waals surface area contributed by atoms with Crippen LogP contribution in [-0.4, -0.2) is 27.5 Å². The van der Waals surface area contributed by atoms with Crippen LogP contribution in [0.1, 0.15) is 42.2 Å². The average molecular weight is 481 g/mol. The second-order valence-electron chi connectivity index (χ2n) is 7.16. The number of nitro groups is 1. The molecule has 9 nitrogen and oxygen atoms in total. The largest absolute Gasteiger partial charge is 0.456 e. The molecule has 3 aromatic carbocycles. The van der Waals surface area contributed by atoms with Gasteiger partial charge in [0.2, 0.25) is 0 Å². The number of nitro benzene ring substituents is 1. The summed E-state index contributed by atoms with van der Waals surface area (Å²) < 4.78 is 44.2. The number of fused-ring (bicyclic) bond motifs is 1. The Labute approximate surface area is 193 Å². The van der Waals surface area contributed by atoms with Gasteiger partial charge in [-0.05, 0) is 36.4 Å². The minimum atomic E-state index is -4.70. The van der Waals surface area contributed by atoms with Gasteiger partial charge in [0.1, 0.15) is 23.1 Å². The van der Waals surface area contributed by atoms with Gasteiger partial charge in [-0.3, -0.25) is 24.5 Å². The number of nitrogens with zero attached hydrogens (tertiary/aromatic N) is 3. The summed E-state index contributed by atoms with van der Waals surface area (Å²) in [7, 11) is 0. The van der Waals surface area contributed by atoms with E-state index in [9.17, 15) is 42.9 Å². The van der Waals surface area contributed by atoms with Crippen molar-refractivity contribution < 1.29 is 37.2 Å². The first kappa shape index (κ1) is 23.1. The van der Waals surface area contributed by atoms with Crippen molar-refractivity contribution in [2.45, 2.75) is 6.18 Å². The second kappa shape index (κ2) is 8.38. The van der Waals surface area contributed by atoms with E-state index in [-0.39, 0.29) is 27.5 Å². The van der Waals surface area contributed by atoms with Crippen LogP contribution in [0.5, 0.6) is 11.5 Å². The van der Waals surface area contributed by atoms with Gasteiger partial charge < -0.3 is 4.74 Å². The third kappa shape index (κ3) is 4.06. The van der Waals surface area contributed by atoms with Crippen LogP contribution in [0.3, 0.4) is 0 Å². The topological polar surface area (TPSA) is 131 Å². The summed E-state index contributed by atoms with van der Waals surface area (Å²) in [6.45, 7) is 0. The van der Waals surface area contributed by atoms with Gasteiger partial charge in [-0.1, -0.05) is 12.1 Å². The summed E-state index contributed by atoms with van der Waals surface area (Å²) in [5.74, 6) is -3.79. The van der Waals surface area contributed by atoms with Crippen molar-refractivity contribution in [2.24, 2.45) is 0 Å². The molecule has 3 amide bonds. The Kier molecular flexibility index (Phi) is 5.54. The highest BCUT2D eigenvalue weighted by molar-refractivity contribution is 6.31. The normalized spacial score (nSPS) is 12.8. The molecule has 0 saturated carbocycles. The Morgan fingerprint density at radius 3 is 2.17 bits per heavy atom. The molecule has 0 N–H and O–H groups in total. The minimum absolute atomic E-state index is 0.0516. The molecule has 12 heteroatoms. The maximum Gasteiger partial charge on any atom is 0.416 e. The predicted molar refractivity (Wildman–Crippen MR) is 111 cm³/mol. The van der Waals surface area contributed by atoms with E-state index < -0.39 is 51.2 Å². The summed E-state index contributed by atoms with van der Waals surface area (Å²) in [6, 6.07) is 12.1. The van der Waals surface area contributed by atoms with Crippen LogP contribution in [0.2, 0.25) is 0 Å². The molecule has 1 aliphatic heterocycles. The number of nitriles is 1. The number of hydrogen-bond donors (Lipinski definition) is 0. The molecule has 0 spiro atoms. The van der Waals surface area contributed by atoms with Crippen LogP contribution in [0.25, 0.3) is 0 Å². The maximum absolute atomic E-state index is 13.1. The number of amides is 3. The van der Waals surface area contributed by atoms with Gasteiger partial charge in [-0.15, -0.1) is 0 Å². The number of hydrogen-bond acceptors (Lipinski definition) is 7. The highest BCUT2D eigenvalue weighted by atomic mass is 19.4. The molecule has 0 aromatic heterocycles. The fourth-order valence-corrected chi connectivity index (χ4v) is 3.41. The smallest absolute Gasteiger partial charge is 0.416 e. The zero-order valence-electron chi connectivity index (χ0n) is 17.2. The van der Waals surface area contributed by atoms with Crippen LogP contribution in [-0.2, 0) is 6.18 Å². The lowest BCUT2D eigenvalue weighted by atomic mass is 10.1. The monoisotopic (exact) mass is 481 g/mol. The summed E-state index contributed by atoms with van der Waals surface area (Å²) >= 11 is 0. The van der Waals surface area contributed by atoms with Gasteiger partial charge in [0.25, 0.3) is 23.4 Å². The van der Waals surface area contributed by atoms with E-state index in [1.807, 2.05) is 0 Å². The number of alkyl halides is 3. The number of benzene rings is 3. The molecule has 0 saturated heterocycles. The third-order valence-electron chi connectivity index (χ3n) is 5.05. The lowest BCUT2D eigenvalue weighted by molar-refractivity contribution is -0.385. The molecule has 4 rings (SSSR count). The molecule has 0 unspecified atom stereocenters. The quantitative estimate of drug-likeness (QED) is 0.299. The van der Waals surface area contributed by atoms with Crippen molar-refractivity contribution in [3.05, 3.63) is 98.6 Å². The molecule has 3 aromatic rings. The lowest BCUT2D eigenvalue weighted by Gasteiger charge is -2.14. The van der Waals surface area contributed by atoms with Crippen molar-refractivity contribution in [3.63, 3.8) is 0 Å². The first-order valence-corrected chi connectivity index (χ1v) is 9.62. The van der Waals surface area contributed by atoms with E-state index in [0.717, 1.165) is 24.3 Å². The van der Waals surface area contributed by atoms with E-state index in [4.69, 9.17) is 4.74 Å². The Morgan fingerprint density at radius 2 is 1.63 bits per heavy atom. The fourth-order valence-electron chi connectivity index (χ4n) is 3.41. The van der Waals surface area contributed by atoms with Crippen molar-refractivity contribution >= 4 is 23.4 Å². The number of ether oxygens (including phenoxy) is 1. The van der Waals surface area contributed by atoms with E-state index in [2.05, 4.69) is 0 Å². The molecular weight excluding hydrogens is 471 g/mol. The number of rotatable bonds is 4. The molecule has 0 atom stereocenters. The van der Waals surface area contributed by atoms with Gasteiger partial charge in [0.05, 0.1) is 27.2 Å². The number of carbonyl (C=O) groups excluding carboxylic acids is 3. The Morgan fingerprint density at radius 1 is 1.00 bits per heavy atom. The molecular formula is C23H10F3N3O6. The molecule has 1 heterocycles. The first-order valence-electron chi connectivity index (χ1n) is 9.62. The van der Waals surface area contributed by atoms with Crippen LogP contribution < -0.4 is 4.74 Å². The van der Waals surface area contributed by atoms with E-state index in [0.29, 0.717) is 12.1 Å². The molecule has 1 aliphatic rings. The van der Waals surface area contributed by atoms with Crippen LogP contribution in [0.15, 0.2) is 60.7 Å². The van der Waals surface area contributed by atoms with Crippen molar-refractivity contribution in [3.8, 4) is 17.6 Å². The van der Waals surface area contributed by atoms with Crippen LogP contribution in [0, 0.1) is 21.4 Å². The SMILES string of the molecule is N#Cc1cc(C(F)(F)F)ccc1Oc1ccc([N+](=O)[O-])c(C(=O)N2C(=O)c3ccccc3C2=O)c1. The molecule has 174 valence electrons. The molecule has 0 radical (unpaired) electrons. The van der Waals surface area contributed by atoms with Crippen molar-refractivity contribution in [2.75, 3.05) is 0 Å². The standard InChI is InChI=1S/C23H10F3N3O6/c24-23(25,26)13-5-8-19(12(9-13)11-27)35-14-6-7-18(29(33)34)17(10-14)22(32)28-20(30)15-3-1-2-4-16(15)21(28)31/h1-10H. The first-order chi connectivity index (χ1) is 16.5. The van der Waals surface area contributed by atoms with Gasteiger partial charge >= 0.3 is 6.18 Å². The van der Waals surface area contributed by atoms with Gasteiger partial charge in [-0.2, -0.15) is 18.4 Å². The molecule has 0 fully saturated rings. The van der Waals surface area contributed by atoms with Crippen LogP contribution in [0.4, 0.5) is 18.9 Å². The zero-order valence-corrected chi connectivity index (χ0v) is 17.2. The van der Waals surface area contributed by atoms with E-state index >= 15 is 0 Å². The highest BCUT2D eigenvalue weighted by Crippen LogP contribution is 2.35. The summed E-state index contributed by atoms with van der Waals surface area (Å²) in [6.07, 6.45) is -4.70. The third-order valence-corrected chi connectivity index (χ3v) is 5.05.